The van der Waals surface area contributed by atoms with Crippen LogP contribution in [0.2, 0.25) is 5.02 Å². The Hall–Kier alpha value is -1.91. The molecule has 0 saturated heterocycles. The van der Waals surface area contributed by atoms with Gasteiger partial charge in [0.25, 0.3) is 0 Å². The Bertz CT molecular complexity index is 782. The van der Waals surface area contributed by atoms with Crippen LogP contribution in [-0.2, 0) is 0 Å². The summed E-state index contributed by atoms with van der Waals surface area (Å²) in [5, 5.41) is 11.1. The van der Waals surface area contributed by atoms with E-state index in [2.05, 4.69) is 4.98 Å². The molecule has 19 heavy (non-hydrogen) atoms. The molecule has 0 aliphatic heterocycles. The second-order valence-corrected chi connectivity index (χ2v) is 5.35. The molecule has 3 aromatic rings. The summed E-state index contributed by atoms with van der Waals surface area (Å²) in [6, 6.07) is 10.2. The quantitative estimate of drug-likeness (QED) is 0.728. The maximum absolute atomic E-state index is 12.4. The highest BCUT2D eigenvalue weighted by molar-refractivity contribution is 7.21. The van der Waals surface area contributed by atoms with E-state index in [4.69, 9.17) is 11.6 Å². The van der Waals surface area contributed by atoms with Crippen molar-refractivity contribution >= 4 is 38.9 Å². The molecule has 0 radical (unpaired) electrons. The fourth-order valence-corrected chi connectivity index (χ4v) is 3.05. The molecule has 2 heterocycles. The van der Waals surface area contributed by atoms with Crippen LogP contribution in [0.1, 0.15) is 15.2 Å². The van der Waals surface area contributed by atoms with Gasteiger partial charge < -0.3 is 5.11 Å². The highest BCUT2D eigenvalue weighted by Gasteiger charge is 2.21. The molecule has 0 aliphatic carbocycles. The lowest BCUT2D eigenvalue weighted by molar-refractivity contribution is 0.104. The summed E-state index contributed by atoms with van der Waals surface area (Å²) in [5.74, 6) is -0.316. The van der Waals surface area contributed by atoms with Gasteiger partial charge in [-0.15, -0.1) is 11.3 Å². The number of aromatic hydroxyl groups is 1. The fourth-order valence-electron chi connectivity index (χ4n) is 1.84. The Balaban J connectivity index is 2.17. The number of rotatable bonds is 2. The Labute approximate surface area is 118 Å². The molecule has 0 saturated carbocycles. The number of fused-ring (bicyclic) bond motifs is 1. The predicted octanol–water partition coefficient (Wildman–Crippen LogP) is 3.89. The van der Waals surface area contributed by atoms with Crippen LogP contribution in [0.3, 0.4) is 0 Å². The number of halogens is 1. The van der Waals surface area contributed by atoms with E-state index < -0.39 is 0 Å². The molecule has 3 nitrogen and oxygen atoms in total. The molecule has 3 rings (SSSR count). The van der Waals surface area contributed by atoms with Gasteiger partial charge in [-0.2, -0.15) is 0 Å². The Morgan fingerprint density at radius 2 is 2.00 bits per heavy atom. The fraction of sp³-hybridized carbons (Fsp3) is 0. The summed E-state index contributed by atoms with van der Waals surface area (Å²) < 4.78 is 0. The van der Waals surface area contributed by atoms with Crippen molar-refractivity contribution in [3.8, 4) is 5.75 Å². The van der Waals surface area contributed by atoms with Gasteiger partial charge in [0.15, 0.2) is 0 Å². The minimum absolute atomic E-state index is 0.0296. The van der Waals surface area contributed by atoms with Gasteiger partial charge in [-0.25, -0.2) is 4.98 Å². The molecule has 0 unspecified atom stereocenters. The zero-order valence-corrected chi connectivity index (χ0v) is 11.2. The summed E-state index contributed by atoms with van der Waals surface area (Å²) in [4.78, 5) is 17.4. The van der Waals surface area contributed by atoms with Gasteiger partial charge in [0.05, 0.1) is 10.4 Å². The lowest BCUT2D eigenvalue weighted by atomic mass is 10.1. The number of carbonyl (C=O) groups is 1. The van der Waals surface area contributed by atoms with E-state index in [9.17, 15) is 9.90 Å². The first-order chi connectivity index (χ1) is 9.18. The highest BCUT2D eigenvalue weighted by atomic mass is 35.5. The van der Waals surface area contributed by atoms with Crippen LogP contribution >= 0.6 is 22.9 Å². The molecule has 1 N–H and O–H groups in total. The van der Waals surface area contributed by atoms with Crippen molar-refractivity contribution < 1.29 is 9.90 Å². The topological polar surface area (TPSA) is 50.2 Å². The molecular weight excluding hydrogens is 282 g/mol. The summed E-state index contributed by atoms with van der Waals surface area (Å²) in [7, 11) is 0. The van der Waals surface area contributed by atoms with E-state index in [0.717, 1.165) is 0 Å². The number of carbonyl (C=O) groups excluding carboxylic acids is 1. The zero-order chi connectivity index (χ0) is 13.4. The molecule has 0 bridgehead atoms. The number of pyridine rings is 1. The molecule has 1 aromatic carbocycles. The second-order valence-electron chi connectivity index (χ2n) is 3.94. The maximum atomic E-state index is 12.4. The van der Waals surface area contributed by atoms with Crippen molar-refractivity contribution in [2.75, 3.05) is 0 Å². The molecular formula is C14H8ClNO2S. The third kappa shape index (κ3) is 1.99. The van der Waals surface area contributed by atoms with E-state index in [1.54, 1.807) is 42.6 Å². The number of nitrogens with zero attached hydrogens (tertiary/aromatic N) is 1. The summed E-state index contributed by atoms with van der Waals surface area (Å²) >= 11 is 7.17. The number of thiophene rings is 1. The van der Waals surface area contributed by atoms with Crippen LogP contribution in [0.5, 0.6) is 5.75 Å². The van der Waals surface area contributed by atoms with Crippen LogP contribution < -0.4 is 0 Å². The van der Waals surface area contributed by atoms with Crippen molar-refractivity contribution in [1.82, 2.24) is 4.98 Å². The first kappa shape index (κ1) is 12.1. The van der Waals surface area contributed by atoms with Gasteiger partial charge in [0, 0.05) is 11.8 Å². The molecule has 0 atom stereocenters. The molecule has 94 valence electrons. The Morgan fingerprint density at radius 1 is 1.21 bits per heavy atom. The van der Waals surface area contributed by atoms with Gasteiger partial charge in [-0.05, 0) is 24.3 Å². The first-order valence-corrected chi connectivity index (χ1v) is 6.73. The smallest absolute Gasteiger partial charge is 0.208 e. The van der Waals surface area contributed by atoms with Crippen molar-refractivity contribution in [3.63, 3.8) is 0 Å². The minimum atomic E-state index is -0.286. The average molecular weight is 290 g/mol. The average Bonchev–Trinajstić information content (AvgIpc) is 2.77. The van der Waals surface area contributed by atoms with Crippen LogP contribution in [0.4, 0.5) is 0 Å². The van der Waals surface area contributed by atoms with E-state index in [-0.39, 0.29) is 16.4 Å². The van der Waals surface area contributed by atoms with Gasteiger partial charge in [-0.1, -0.05) is 23.7 Å². The normalized spacial score (nSPS) is 10.8. The van der Waals surface area contributed by atoms with Gasteiger partial charge in [-0.3, -0.25) is 4.79 Å². The Morgan fingerprint density at radius 3 is 2.74 bits per heavy atom. The lowest BCUT2D eigenvalue weighted by Crippen LogP contribution is -1.99. The van der Waals surface area contributed by atoms with E-state index >= 15 is 0 Å². The van der Waals surface area contributed by atoms with Crippen molar-refractivity contribution in [3.05, 3.63) is 58.1 Å². The van der Waals surface area contributed by atoms with Crippen molar-refractivity contribution in [2.24, 2.45) is 0 Å². The summed E-state index contributed by atoms with van der Waals surface area (Å²) in [5.41, 5.74) is 0.381. The van der Waals surface area contributed by atoms with Crippen LogP contribution in [0.15, 0.2) is 42.6 Å². The molecule has 5 heteroatoms. The maximum Gasteiger partial charge on any atom is 0.208 e. The van der Waals surface area contributed by atoms with Gasteiger partial charge in [0.1, 0.15) is 15.5 Å². The highest BCUT2D eigenvalue weighted by Crippen LogP contribution is 2.37. The van der Waals surface area contributed by atoms with E-state index in [1.807, 2.05) is 0 Å². The zero-order valence-electron chi connectivity index (χ0n) is 9.63. The second kappa shape index (κ2) is 4.64. The monoisotopic (exact) mass is 289 g/mol. The number of hydrogen-bond donors (Lipinski definition) is 1. The standard InChI is InChI=1S/C14H8ClNO2S/c15-10-6-2-1-4-8(10)11(17)13-12(18)9-5-3-7-16-14(9)19-13/h1-7,18H. The molecule has 0 fully saturated rings. The van der Waals surface area contributed by atoms with E-state index in [0.29, 0.717) is 20.8 Å². The summed E-state index contributed by atoms with van der Waals surface area (Å²) in [6.07, 6.45) is 1.63. The minimum Gasteiger partial charge on any atom is -0.506 e. The lowest BCUT2D eigenvalue weighted by Gasteiger charge is -2.01. The molecule has 0 spiro atoms. The number of hydrogen-bond acceptors (Lipinski definition) is 4. The Kier molecular flexibility index (Phi) is 2.97. The van der Waals surface area contributed by atoms with Gasteiger partial charge in [0.2, 0.25) is 5.78 Å². The summed E-state index contributed by atoms with van der Waals surface area (Å²) in [6.45, 7) is 0. The van der Waals surface area contributed by atoms with Crippen LogP contribution in [-0.4, -0.2) is 15.9 Å². The van der Waals surface area contributed by atoms with Crippen molar-refractivity contribution in [2.45, 2.75) is 0 Å². The molecule has 0 amide bonds. The predicted molar refractivity (Wildman–Crippen MR) is 76.2 cm³/mol. The third-order valence-corrected chi connectivity index (χ3v) is 4.20. The van der Waals surface area contributed by atoms with Crippen molar-refractivity contribution in [1.29, 1.82) is 0 Å². The van der Waals surface area contributed by atoms with Crippen LogP contribution in [0.25, 0.3) is 10.2 Å². The number of ketones is 1. The van der Waals surface area contributed by atoms with Gasteiger partial charge >= 0.3 is 0 Å². The van der Waals surface area contributed by atoms with E-state index in [1.165, 1.54) is 11.3 Å². The third-order valence-electron chi connectivity index (χ3n) is 2.76. The molecule has 0 aliphatic rings. The number of benzene rings is 1. The SMILES string of the molecule is O=C(c1ccccc1Cl)c1sc2ncccc2c1O. The number of aromatic nitrogens is 1. The van der Waals surface area contributed by atoms with Crippen LogP contribution in [0, 0.1) is 0 Å². The largest absolute Gasteiger partial charge is 0.506 e. The molecule has 2 aromatic heterocycles. The first-order valence-electron chi connectivity index (χ1n) is 5.54.